The number of nitrogens with one attached hydrogen (secondary N) is 1. The molecule has 0 aliphatic carbocycles. The summed E-state index contributed by atoms with van der Waals surface area (Å²) in [6.45, 7) is 0.428. The molecule has 0 amide bonds. The molecule has 0 saturated heterocycles. The van der Waals surface area contributed by atoms with E-state index in [2.05, 4.69) is 9.71 Å². The molecule has 6 nitrogen and oxygen atoms in total. The molecule has 0 unspecified atom stereocenters. The van der Waals surface area contributed by atoms with Gasteiger partial charge in [-0.2, -0.15) is 5.10 Å². The zero-order valence-corrected chi connectivity index (χ0v) is 19.4. The summed E-state index contributed by atoms with van der Waals surface area (Å²) in [6.07, 6.45) is 0. The Bertz CT molecular complexity index is 1260. The Morgan fingerprint density at radius 2 is 1.56 bits per heavy atom. The topological polar surface area (TPSA) is 74.1 Å². The number of rotatable bonds is 4. The van der Waals surface area contributed by atoms with Gasteiger partial charge in [0, 0.05) is 23.0 Å². The second-order valence-corrected chi connectivity index (χ2v) is 9.70. The van der Waals surface area contributed by atoms with Crippen LogP contribution in [0.3, 0.4) is 0 Å². The molecule has 1 N–H and O–H groups in total. The number of halogens is 2. The van der Waals surface area contributed by atoms with Crippen LogP contribution < -0.4 is 4.72 Å². The average Bonchev–Trinajstić information content (AvgIpc) is 3.24. The molecular formula is C23H20Cl2N4O2S. The van der Waals surface area contributed by atoms with Crippen LogP contribution in [0.2, 0.25) is 10.0 Å². The minimum atomic E-state index is -3.86. The second-order valence-electron chi connectivity index (χ2n) is 7.14. The maximum Gasteiger partial charge on any atom is 0.264 e. The zero-order valence-electron chi connectivity index (χ0n) is 17.1. The van der Waals surface area contributed by atoms with Gasteiger partial charge in [0.15, 0.2) is 0 Å². The van der Waals surface area contributed by atoms with Crippen LogP contribution in [0.1, 0.15) is 17.0 Å². The Morgan fingerprint density at radius 3 is 2.16 bits per heavy atom. The van der Waals surface area contributed by atoms with E-state index in [1.165, 1.54) is 31.3 Å². The van der Waals surface area contributed by atoms with Gasteiger partial charge < -0.3 is 0 Å². The molecule has 0 aromatic heterocycles. The highest BCUT2D eigenvalue weighted by Gasteiger charge is 2.32. The van der Waals surface area contributed by atoms with E-state index in [1.54, 1.807) is 5.01 Å². The normalized spacial score (nSPS) is 16.7. The Hall–Kier alpha value is -2.87. The smallest absolute Gasteiger partial charge is 0.254 e. The molecule has 0 spiro atoms. The number of sulfonamides is 1. The van der Waals surface area contributed by atoms with Crippen molar-refractivity contribution >= 4 is 44.9 Å². The number of hydrazone groups is 1. The number of hydrogen-bond donors (Lipinski definition) is 1. The van der Waals surface area contributed by atoms with E-state index in [1.807, 2.05) is 54.6 Å². The van der Waals surface area contributed by atoms with Gasteiger partial charge in [0.2, 0.25) is 5.96 Å². The van der Waals surface area contributed by atoms with Crippen LogP contribution in [0.25, 0.3) is 0 Å². The lowest BCUT2D eigenvalue weighted by atomic mass is 9.91. The fourth-order valence-corrected chi connectivity index (χ4v) is 4.77. The Morgan fingerprint density at radius 1 is 0.969 bits per heavy atom. The third kappa shape index (κ3) is 4.80. The van der Waals surface area contributed by atoms with Crippen LogP contribution in [0.4, 0.5) is 0 Å². The van der Waals surface area contributed by atoms with Crippen molar-refractivity contribution in [3.63, 3.8) is 0 Å². The van der Waals surface area contributed by atoms with E-state index in [4.69, 9.17) is 28.3 Å². The summed E-state index contributed by atoms with van der Waals surface area (Å²) in [5.74, 6) is 0.0546. The van der Waals surface area contributed by atoms with Crippen molar-refractivity contribution in [2.75, 3.05) is 13.6 Å². The summed E-state index contributed by atoms with van der Waals surface area (Å²) < 4.78 is 28.3. The highest BCUT2D eigenvalue weighted by atomic mass is 35.5. The lowest BCUT2D eigenvalue weighted by Crippen LogP contribution is -2.41. The van der Waals surface area contributed by atoms with E-state index >= 15 is 0 Å². The summed E-state index contributed by atoms with van der Waals surface area (Å²) in [4.78, 5) is 4.25. The quantitative estimate of drug-likeness (QED) is 0.426. The van der Waals surface area contributed by atoms with Gasteiger partial charge in [0.25, 0.3) is 10.0 Å². The van der Waals surface area contributed by atoms with Crippen molar-refractivity contribution in [3.8, 4) is 0 Å². The van der Waals surface area contributed by atoms with Gasteiger partial charge in [-0.15, -0.1) is 0 Å². The predicted octanol–water partition coefficient (Wildman–Crippen LogP) is 4.76. The highest BCUT2D eigenvalue weighted by Crippen LogP contribution is 2.29. The lowest BCUT2D eigenvalue weighted by molar-refractivity contribution is 0.462. The summed E-state index contributed by atoms with van der Waals surface area (Å²) in [7, 11) is -2.34. The Balaban J connectivity index is 1.67. The molecule has 3 aromatic rings. The van der Waals surface area contributed by atoms with Gasteiger partial charge in [0.05, 0.1) is 17.2 Å². The first-order valence-electron chi connectivity index (χ1n) is 9.79. The average molecular weight is 487 g/mol. The Kier molecular flexibility index (Phi) is 6.50. The largest absolute Gasteiger partial charge is 0.264 e. The standard InChI is InChI=1S/C23H20Cl2N4O2S/c1-26-23(28-32(30,31)20-13-11-19(25)12-14-20)29-15-21(16-5-3-2-4-6-16)22(27-29)17-7-9-18(24)10-8-17/h2-14,21H,15H2,1H3,(H,26,28)/t21-/m1/s1. The van der Waals surface area contributed by atoms with E-state index < -0.39 is 10.0 Å². The number of benzene rings is 3. The van der Waals surface area contributed by atoms with Gasteiger partial charge in [-0.05, 0) is 47.5 Å². The summed E-state index contributed by atoms with van der Waals surface area (Å²) in [6, 6.07) is 23.3. The maximum absolute atomic E-state index is 12.9. The molecule has 0 saturated carbocycles. The first kappa shape index (κ1) is 22.3. The van der Waals surface area contributed by atoms with E-state index in [-0.39, 0.29) is 16.8 Å². The summed E-state index contributed by atoms with van der Waals surface area (Å²) in [5.41, 5.74) is 2.78. The minimum Gasteiger partial charge on any atom is -0.254 e. The van der Waals surface area contributed by atoms with Gasteiger partial charge in [0.1, 0.15) is 0 Å². The van der Waals surface area contributed by atoms with Crippen molar-refractivity contribution in [2.24, 2.45) is 10.1 Å². The molecule has 1 aliphatic rings. The molecule has 0 radical (unpaired) electrons. The van der Waals surface area contributed by atoms with E-state index in [0.29, 0.717) is 16.6 Å². The molecule has 3 aromatic carbocycles. The number of hydrogen-bond acceptors (Lipinski definition) is 4. The van der Waals surface area contributed by atoms with Crippen LogP contribution in [0.5, 0.6) is 0 Å². The van der Waals surface area contributed by atoms with Crippen LogP contribution in [-0.4, -0.2) is 38.7 Å². The third-order valence-electron chi connectivity index (χ3n) is 5.06. The molecule has 1 aliphatic heterocycles. The van der Waals surface area contributed by atoms with Crippen molar-refractivity contribution in [3.05, 3.63) is 100 Å². The second kappa shape index (κ2) is 9.32. The van der Waals surface area contributed by atoms with Gasteiger partial charge >= 0.3 is 0 Å². The molecule has 1 heterocycles. The molecule has 0 fully saturated rings. The SMILES string of the molecule is C/N=C(/NS(=O)(=O)c1ccc(Cl)cc1)N1C[C@H](c2ccccc2)C(c2ccc(Cl)cc2)=N1. The summed E-state index contributed by atoms with van der Waals surface area (Å²) in [5, 5.41) is 7.40. The van der Waals surface area contributed by atoms with Crippen molar-refractivity contribution in [1.82, 2.24) is 9.73 Å². The molecular weight excluding hydrogens is 467 g/mol. The number of nitrogens with zero attached hydrogens (tertiary/aromatic N) is 3. The monoisotopic (exact) mass is 486 g/mol. The third-order valence-corrected chi connectivity index (χ3v) is 6.91. The van der Waals surface area contributed by atoms with Crippen LogP contribution >= 0.6 is 23.2 Å². The molecule has 164 valence electrons. The molecule has 0 bridgehead atoms. The fraction of sp³-hybridized carbons (Fsp3) is 0.130. The molecule has 1 atom stereocenters. The fourth-order valence-electron chi connectivity index (χ4n) is 3.47. The van der Waals surface area contributed by atoms with Gasteiger partial charge in [-0.3, -0.25) is 4.99 Å². The first-order chi connectivity index (χ1) is 15.4. The lowest BCUT2D eigenvalue weighted by Gasteiger charge is -2.19. The van der Waals surface area contributed by atoms with Crippen molar-refractivity contribution in [2.45, 2.75) is 10.8 Å². The van der Waals surface area contributed by atoms with Crippen LogP contribution in [-0.2, 0) is 10.0 Å². The van der Waals surface area contributed by atoms with Crippen LogP contribution in [0.15, 0.2) is 93.9 Å². The maximum atomic E-state index is 12.9. The van der Waals surface area contributed by atoms with Gasteiger partial charge in [-0.1, -0.05) is 65.7 Å². The highest BCUT2D eigenvalue weighted by molar-refractivity contribution is 7.90. The minimum absolute atomic E-state index is 0.0749. The predicted molar refractivity (Wildman–Crippen MR) is 129 cm³/mol. The zero-order chi connectivity index (χ0) is 22.7. The molecule has 32 heavy (non-hydrogen) atoms. The number of guanidine groups is 1. The van der Waals surface area contributed by atoms with E-state index in [0.717, 1.165) is 16.8 Å². The molecule has 9 heteroatoms. The van der Waals surface area contributed by atoms with E-state index in [9.17, 15) is 8.42 Å². The van der Waals surface area contributed by atoms with Crippen LogP contribution in [0, 0.1) is 0 Å². The number of aliphatic imine (C=N–C) groups is 1. The first-order valence-corrected chi connectivity index (χ1v) is 12.0. The van der Waals surface area contributed by atoms with Gasteiger partial charge in [-0.25, -0.2) is 18.1 Å². The Labute approximate surface area is 197 Å². The summed E-state index contributed by atoms with van der Waals surface area (Å²) >= 11 is 11.9. The molecule has 4 rings (SSSR count). The van der Waals surface area contributed by atoms with Crippen molar-refractivity contribution < 1.29 is 8.42 Å². The van der Waals surface area contributed by atoms with Crippen molar-refractivity contribution in [1.29, 1.82) is 0 Å².